The molecule has 0 bridgehead atoms. The van der Waals surface area contributed by atoms with Crippen molar-refractivity contribution in [1.82, 2.24) is 5.32 Å². The summed E-state index contributed by atoms with van der Waals surface area (Å²) in [5.74, 6) is -0.137. The molecule has 3 aromatic rings. The zero-order chi connectivity index (χ0) is 15.0. The van der Waals surface area contributed by atoms with Crippen molar-refractivity contribution in [1.29, 1.82) is 0 Å². The van der Waals surface area contributed by atoms with E-state index in [4.69, 9.17) is 4.42 Å². The average Bonchev–Trinajstić information content (AvgIpc) is 2.85. The van der Waals surface area contributed by atoms with E-state index in [0.717, 1.165) is 0 Å². The Hall–Kier alpha value is -1.72. The second-order valence-corrected chi connectivity index (χ2v) is 5.54. The van der Waals surface area contributed by atoms with Gasteiger partial charge in [-0.25, -0.2) is 8.78 Å². The van der Waals surface area contributed by atoms with Crippen LogP contribution in [0, 0.1) is 11.6 Å². The molecule has 5 heteroatoms. The first-order valence-electron chi connectivity index (χ1n) is 6.40. The van der Waals surface area contributed by atoms with Gasteiger partial charge in [-0.2, -0.15) is 0 Å². The Morgan fingerprint density at radius 1 is 1.14 bits per heavy atom. The summed E-state index contributed by atoms with van der Waals surface area (Å²) in [5.41, 5.74) is 1.03. The van der Waals surface area contributed by atoms with Gasteiger partial charge in [0.2, 0.25) is 0 Å². The first-order valence-corrected chi connectivity index (χ1v) is 7.19. The molecule has 1 atom stereocenters. The van der Waals surface area contributed by atoms with Crippen LogP contribution in [-0.2, 0) is 0 Å². The first kappa shape index (κ1) is 14.2. The topological polar surface area (TPSA) is 25.2 Å². The van der Waals surface area contributed by atoms with Gasteiger partial charge in [0, 0.05) is 15.4 Å². The van der Waals surface area contributed by atoms with Crippen LogP contribution < -0.4 is 5.32 Å². The van der Waals surface area contributed by atoms with E-state index in [1.807, 2.05) is 0 Å². The van der Waals surface area contributed by atoms with Gasteiger partial charge in [0.1, 0.15) is 23.0 Å². The summed E-state index contributed by atoms with van der Waals surface area (Å²) < 4.78 is 33.7. The van der Waals surface area contributed by atoms with Crippen molar-refractivity contribution in [3.8, 4) is 0 Å². The molecule has 108 valence electrons. The lowest BCUT2D eigenvalue weighted by Crippen LogP contribution is -2.18. The standard InChI is InChI=1S/C16H12BrF2NO/c1-20-16(15-11(17)3-2-4-12(15)19)14-8-9-7-10(18)5-6-13(9)21-14/h2-8,16,20H,1H3. The first-order chi connectivity index (χ1) is 10.1. The fraction of sp³-hybridized carbons (Fsp3) is 0.125. The van der Waals surface area contributed by atoms with Crippen LogP contribution in [0.2, 0.25) is 0 Å². The van der Waals surface area contributed by atoms with Crippen LogP contribution >= 0.6 is 15.9 Å². The highest BCUT2D eigenvalue weighted by molar-refractivity contribution is 9.10. The highest BCUT2D eigenvalue weighted by Gasteiger charge is 2.22. The van der Waals surface area contributed by atoms with Crippen molar-refractivity contribution in [2.24, 2.45) is 0 Å². The molecular weight excluding hydrogens is 340 g/mol. The van der Waals surface area contributed by atoms with Crippen LogP contribution in [0.15, 0.2) is 51.4 Å². The number of furan rings is 1. The number of nitrogens with one attached hydrogen (secondary N) is 1. The summed E-state index contributed by atoms with van der Waals surface area (Å²) in [5, 5.41) is 3.69. The minimum atomic E-state index is -0.462. The second-order valence-electron chi connectivity index (χ2n) is 4.69. The van der Waals surface area contributed by atoms with E-state index in [-0.39, 0.29) is 11.6 Å². The van der Waals surface area contributed by atoms with Crippen molar-refractivity contribution in [3.63, 3.8) is 0 Å². The normalized spacial score (nSPS) is 12.8. The Bertz CT molecular complexity index is 780. The number of hydrogen-bond acceptors (Lipinski definition) is 2. The Morgan fingerprint density at radius 3 is 2.67 bits per heavy atom. The predicted molar refractivity (Wildman–Crippen MR) is 81.2 cm³/mol. The third kappa shape index (κ3) is 2.59. The van der Waals surface area contributed by atoms with Gasteiger partial charge in [0.15, 0.2) is 0 Å². The lowest BCUT2D eigenvalue weighted by Gasteiger charge is -2.16. The van der Waals surface area contributed by atoms with E-state index in [9.17, 15) is 8.78 Å². The zero-order valence-electron chi connectivity index (χ0n) is 11.2. The largest absolute Gasteiger partial charge is 0.459 e. The molecule has 2 nitrogen and oxygen atoms in total. The maximum atomic E-state index is 14.1. The van der Waals surface area contributed by atoms with E-state index >= 15 is 0 Å². The summed E-state index contributed by atoms with van der Waals surface area (Å²) in [6, 6.07) is 10.3. The van der Waals surface area contributed by atoms with E-state index in [1.165, 1.54) is 18.2 Å². The minimum Gasteiger partial charge on any atom is -0.459 e. The number of rotatable bonds is 3. The molecule has 1 N–H and O–H groups in total. The second kappa shape index (κ2) is 5.58. The summed E-state index contributed by atoms with van der Waals surface area (Å²) in [6.07, 6.45) is 0. The monoisotopic (exact) mass is 351 g/mol. The molecule has 0 saturated carbocycles. The van der Waals surface area contributed by atoms with Gasteiger partial charge in [0.25, 0.3) is 0 Å². The number of halogens is 3. The van der Waals surface area contributed by atoms with Crippen LogP contribution in [0.3, 0.4) is 0 Å². The number of benzene rings is 2. The molecule has 0 aliphatic carbocycles. The van der Waals surface area contributed by atoms with Crippen LogP contribution in [0.5, 0.6) is 0 Å². The van der Waals surface area contributed by atoms with E-state index in [1.54, 1.807) is 31.3 Å². The SMILES string of the molecule is CNC(c1cc2cc(F)ccc2o1)c1c(F)cccc1Br. The average molecular weight is 352 g/mol. The van der Waals surface area contributed by atoms with Crippen molar-refractivity contribution in [3.05, 3.63) is 69.9 Å². The molecule has 2 aromatic carbocycles. The molecule has 0 radical (unpaired) electrons. The predicted octanol–water partition coefficient (Wildman–Crippen LogP) is 4.78. The van der Waals surface area contributed by atoms with Gasteiger partial charge in [-0.05, 0) is 43.4 Å². The summed E-state index contributed by atoms with van der Waals surface area (Å²) in [4.78, 5) is 0. The fourth-order valence-electron chi connectivity index (χ4n) is 2.39. The highest BCUT2D eigenvalue weighted by Crippen LogP contribution is 2.33. The Kier molecular flexibility index (Phi) is 3.78. The van der Waals surface area contributed by atoms with Gasteiger partial charge in [-0.3, -0.25) is 0 Å². The molecule has 3 rings (SSSR count). The molecular formula is C16H12BrF2NO. The van der Waals surface area contributed by atoms with Gasteiger partial charge in [-0.1, -0.05) is 22.0 Å². The van der Waals surface area contributed by atoms with E-state index in [0.29, 0.717) is 26.8 Å². The summed E-state index contributed by atoms with van der Waals surface area (Å²) in [7, 11) is 1.72. The Balaban J connectivity index is 2.14. The quantitative estimate of drug-likeness (QED) is 0.734. The van der Waals surface area contributed by atoms with Gasteiger partial charge in [0.05, 0.1) is 6.04 Å². The van der Waals surface area contributed by atoms with Crippen LogP contribution in [0.25, 0.3) is 11.0 Å². The molecule has 1 aromatic heterocycles. The lowest BCUT2D eigenvalue weighted by molar-refractivity contribution is 0.475. The molecule has 1 unspecified atom stereocenters. The van der Waals surface area contributed by atoms with Crippen molar-refractivity contribution < 1.29 is 13.2 Å². The molecule has 21 heavy (non-hydrogen) atoms. The van der Waals surface area contributed by atoms with Gasteiger partial charge in [-0.15, -0.1) is 0 Å². The highest BCUT2D eigenvalue weighted by atomic mass is 79.9. The maximum Gasteiger partial charge on any atom is 0.134 e. The molecule has 1 heterocycles. The number of hydrogen-bond donors (Lipinski definition) is 1. The van der Waals surface area contributed by atoms with E-state index in [2.05, 4.69) is 21.2 Å². The molecule has 0 aliphatic rings. The third-order valence-electron chi connectivity index (χ3n) is 3.36. The number of fused-ring (bicyclic) bond motifs is 1. The maximum absolute atomic E-state index is 14.1. The molecule has 0 fully saturated rings. The van der Waals surface area contributed by atoms with Gasteiger partial charge >= 0.3 is 0 Å². The van der Waals surface area contributed by atoms with Crippen molar-refractivity contribution in [2.45, 2.75) is 6.04 Å². The van der Waals surface area contributed by atoms with E-state index < -0.39 is 6.04 Å². The lowest BCUT2D eigenvalue weighted by atomic mass is 10.0. The fourth-order valence-corrected chi connectivity index (χ4v) is 2.96. The smallest absolute Gasteiger partial charge is 0.134 e. The minimum absolute atomic E-state index is 0.331. The Labute approximate surface area is 128 Å². The summed E-state index contributed by atoms with van der Waals surface area (Å²) in [6.45, 7) is 0. The van der Waals surface area contributed by atoms with Gasteiger partial charge < -0.3 is 9.73 Å². The molecule has 0 aliphatic heterocycles. The summed E-state index contributed by atoms with van der Waals surface area (Å²) >= 11 is 3.36. The van der Waals surface area contributed by atoms with Crippen molar-refractivity contribution >= 4 is 26.9 Å². The zero-order valence-corrected chi connectivity index (χ0v) is 12.7. The van der Waals surface area contributed by atoms with Crippen LogP contribution in [-0.4, -0.2) is 7.05 Å². The van der Waals surface area contributed by atoms with Crippen LogP contribution in [0.4, 0.5) is 8.78 Å². The van der Waals surface area contributed by atoms with Crippen LogP contribution in [0.1, 0.15) is 17.4 Å². The Morgan fingerprint density at radius 2 is 1.95 bits per heavy atom. The molecule has 0 saturated heterocycles. The van der Waals surface area contributed by atoms with Crippen molar-refractivity contribution in [2.75, 3.05) is 7.05 Å². The molecule has 0 amide bonds. The third-order valence-corrected chi connectivity index (χ3v) is 4.05. The molecule has 0 spiro atoms.